The van der Waals surface area contributed by atoms with Crippen molar-refractivity contribution in [2.45, 2.75) is 20.8 Å². The van der Waals surface area contributed by atoms with Crippen molar-refractivity contribution in [1.29, 1.82) is 0 Å². The molecule has 0 radical (unpaired) electrons. The summed E-state index contributed by atoms with van der Waals surface area (Å²) in [7, 11) is 0. The quantitative estimate of drug-likeness (QED) is 0.540. The maximum Gasteiger partial charge on any atom is 0.159 e. The molecule has 0 bridgehead atoms. The molecular weight excluding hydrogens is 282 g/mol. The number of thiophene rings is 1. The van der Waals surface area contributed by atoms with E-state index < -0.39 is 0 Å². The smallest absolute Gasteiger partial charge is 0.159 e. The predicted molar refractivity (Wildman–Crippen MR) is 84.0 cm³/mol. The van der Waals surface area contributed by atoms with Gasteiger partial charge in [0.1, 0.15) is 17.0 Å². The Hall–Kier alpha value is -2.34. The summed E-state index contributed by atoms with van der Waals surface area (Å²) in [6, 6.07) is 2.10. The van der Waals surface area contributed by atoms with Crippen molar-refractivity contribution < 1.29 is 0 Å². The highest BCUT2D eigenvalue weighted by Gasteiger charge is 2.16. The first-order valence-corrected chi connectivity index (χ1v) is 7.48. The second kappa shape index (κ2) is 4.33. The Morgan fingerprint density at radius 1 is 1.10 bits per heavy atom. The number of hydrogen-bond donors (Lipinski definition) is 0. The average molecular weight is 295 g/mol. The van der Waals surface area contributed by atoms with E-state index in [0.29, 0.717) is 0 Å². The molecule has 6 heteroatoms. The van der Waals surface area contributed by atoms with Gasteiger partial charge in [-0.1, -0.05) is 0 Å². The molecule has 4 heterocycles. The second-order valence-corrected chi connectivity index (χ2v) is 6.08. The Morgan fingerprint density at radius 3 is 2.71 bits per heavy atom. The Bertz CT molecular complexity index is 982. The Kier molecular flexibility index (Phi) is 2.56. The van der Waals surface area contributed by atoms with Crippen molar-refractivity contribution in [1.82, 2.24) is 24.5 Å². The van der Waals surface area contributed by atoms with E-state index in [9.17, 15) is 0 Å². The van der Waals surface area contributed by atoms with E-state index in [4.69, 9.17) is 0 Å². The first kappa shape index (κ1) is 12.4. The largest absolute Gasteiger partial charge is 0.287 e. The molecule has 0 aromatic carbocycles. The van der Waals surface area contributed by atoms with E-state index in [0.717, 1.165) is 37.8 Å². The molecule has 0 aliphatic heterocycles. The van der Waals surface area contributed by atoms with E-state index in [1.54, 1.807) is 23.9 Å². The Morgan fingerprint density at radius 2 is 1.95 bits per heavy atom. The van der Waals surface area contributed by atoms with Gasteiger partial charge in [-0.15, -0.1) is 11.3 Å². The highest BCUT2D eigenvalue weighted by atomic mass is 32.1. The van der Waals surface area contributed by atoms with Gasteiger partial charge in [0.05, 0.1) is 10.2 Å². The highest BCUT2D eigenvalue weighted by Crippen LogP contribution is 2.36. The van der Waals surface area contributed by atoms with Crippen LogP contribution in [0.3, 0.4) is 0 Å². The van der Waals surface area contributed by atoms with Gasteiger partial charge in [-0.2, -0.15) is 0 Å². The summed E-state index contributed by atoms with van der Waals surface area (Å²) in [5.74, 6) is 1.78. The fourth-order valence-electron chi connectivity index (χ4n) is 2.67. The Balaban J connectivity index is 2.16. The lowest BCUT2D eigenvalue weighted by atomic mass is 10.1. The molecule has 0 atom stereocenters. The van der Waals surface area contributed by atoms with Crippen molar-refractivity contribution >= 4 is 31.8 Å². The Labute approximate surface area is 125 Å². The van der Waals surface area contributed by atoms with E-state index in [1.165, 1.54) is 5.56 Å². The van der Waals surface area contributed by atoms with Gasteiger partial charge in [-0.05, 0) is 32.4 Å². The van der Waals surface area contributed by atoms with Crippen LogP contribution in [0.5, 0.6) is 0 Å². The van der Waals surface area contributed by atoms with Gasteiger partial charge in [0.15, 0.2) is 5.82 Å². The minimum absolute atomic E-state index is 0.870. The number of fused-ring (bicyclic) bond motifs is 3. The molecule has 21 heavy (non-hydrogen) atoms. The fourth-order valence-corrected chi connectivity index (χ4v) is 3.91. The lowest BCUT2D eigenvalue weighted by molar-refractivity contribution is 0.938. The molecule has 0 aliphatic carbocycles. The van der Waals surface area contributed by atoms with Crippen LogP contribution in [0.2, 0.25) is 0 Å². The molecule has 104 valence electrons. The third-order valence-electron chi connectivity index (χ3n) is 3.59. The summed E-state index contributed by atoms with van der Waals surface area (Å²) in [6.07, 6.45) is 5.32. The molecule has 4 aromatic heterocycles. The normalized spacial score (nSPS) is 11.6. The predicted octanol–water partition coefficient (Wildman–Crippen LogP) is 3.35. The first-order chi connectivity index (χ1) is 10.1. The van der Waals surface area contributed by atoms with Gasteiger partial charge in [-0.25, -0.2) is 19.9 Å². The van der Waals surface area contributed by atoms with Gasteiger partial charge in [0.25, 0.3) is 0 Å². The zero-order valence-electron chi connectivity index (χ0n) is 12.0. The number of rotatable bonds is 1. The van der Waals surface area contributed by atoms with E-state index in [-0.39, 0.29) is 0 Å². The number of pyridine rings is 1. The van der Waals surface area contributed by atoms with Gasteiger partial charge in [0.2, 0.25) is 0 Å². The maximum atomic E-state index is 4.64. The summed E-state index contributed by atoms with van der Waals surface area (Å²) in [5.41, 5.74) is 3.20. The zero-order chi connectivity index (χ0) is 14.6. The molecular formula is C15H13N5S. The van der Waals surface area contributed by atoms with E-state index in [2.05, 4.69) is 32.9 Å². The SMILES string of the molecule is Cc1cc(C)c2c(n1)sc1c(-n3ccnc3C)ncnc12. The fraction of sp³-hybridized carbons (Fsp3) is 0.200. The molecule has 0 aliphatic rings. The number of aromatic nitrogens is 5. The summed E-state index contributed by atoms with van der Waals surface area (Å²) < 4.78 is 3.04. The van der Waals surface area contributed by atoms with Gasteiger partial charge in [0, 0.05) is 23.5 Å². The lowest BCUT2D eigenvalue weighted by Gasteiger charge is -2.04. The molecule has 0 N–H and O–H groups in total. The molecule has 0 saturated carbocycles. The van der Waals surface area contributed by atoms with Crippen molar-refractivity contribution in [2.75, 3.05) is 0 Å². The van der Waals surface area contributed by atoms with Crippen molar-refractivity contribution in [3.8, 4) is 5.82 Å². The molecule has 5 nitrogen and oxygen atoms in total. The van der Waals surface area contributed by atoms with Crippen molar-refractivity contribution in [3.63, 3.8) is 0 Å². The average Bonchev–Trinajstić information content (AvgIpc) is 3.01. The number of imidazole rings is 1. The summed E-state index contributed by atoms with van der Waals surface area (Å²) in [4.78, 5) is 18.9. The topological polar surface area (TPSA) is 56.5 Å². The summed E-state index contributed by atoms with van der Waals surface area (Å²) in [5, 5.41) is 1.13. The van der Waals surface area contributed by atoms with Crippen LogP contribution in [0.25, 0.3) is 26.3 Å². The molecule has 0 unspecified atom stereocenters. The molecule has 0 spiro atoms. The van der Waals surface area contributed by atoms with Gasteiger partial charge < -0.3 is 0 Å². The van der Waals surface area contributed by atoms with Crippen molar-refractivity contribution in [2.24, 2.45) is 0 Å². The van der Waals surface area contributed by atoms with Crippen LogP contribution in [-0.4, -0.2) is 24.5 Å². The monoisotopic (exact) mass is 295 g/mol. The van der Waals surface area contributed by atoms with Gasteiger partial charge >= 0.3 is 0 Å². The second-order valence-electron chi connectivity index (χ2n) is 5.08. The molecule has 0 amide bonds. The number of hydrogen-bond acceptors (Lipinski definition) is 5. The summed E-state index contributed by atoms with van der Waals surface area (Å²) >= 11 is 1.64. The first-order valence-electron chi connectivity index (χ1n) is 6.67. The van der Waals surface area contributed by atoms with Crippen LogP contribution in [-0.2, 0) is 0 Å². The van der Waals surface area contributed by atoms with E-state index >= 15 is 0 Å². The lowest BCUT2D eigenvalue weighted by Crippen LogP contribution is -1.99. The highest BCUT2D eigenvalue weighted by molar-refractivity contribution is 7.25. The van der Waals surface area contributed by atoms with Gasteiger partial charge in [-0.3, -0.25) is 4.57 Å². The zero-order valence-corrected chi connectivity index (χ0v) is 12.8. The maximum absolute atomic E-state index is 4.64. The standard InChI is InChI=1S/C15H13N5S/c1-8-6-9(2)19-15-11(8)12-13(21-15)14(18-7-17-12)20-5-4-16-10(20)3/h4-7H,1-3H3. The molecule has 4 aromatic rings. The van der Waals surface area contributed by atoms with Crippen LogP contribution in [0, 0.1) is 20.8 Å². The van der Waals surface area contributed by atoms with Crippen LogP contribution in [0.4, 0.5) is 0 Å². The van der Waals surface area contributed by atoms with E-state index in [1.807, 2.05) is 24.6 Å². The minimum Gasteiger partial charge on any atom is -0.287 e. The summed E-state index contributed by atoms with van der Waals surface area (Å²) in [6.45, 7) is 6.09. The van der Waals surface area contributed by atoms with Crippen LogP contribution in [0.15, 0.2) is 24.8 Å². The minimum atomic E-state index is 0.870. The number of nitrogens with zero attached hydrogens (tertiary/aromatic N) is 5. The third kappa shape index (κ3) is 1.76. The molecule has 0 fully saturated rings. The van der Waals surface area contributed by atoms with Crippen LogP contribution in [0.1, 0.15) is 17.1 Å². The molecule has 0 saturated heterocycles. The van der Waals surface area contributed by atoms with Crippen LogP contribution >= 0.6 is 11.3 Å². The molecule has 4 rings (SSSR count). The van der Waals surface area contributed by atoms with Crippen LogP contribution < -0.4 is 0 Å². The van der Waals surface area contributed by atoms with Crippen molar-refractivity contribution in [3.05, 3.63) is 41.9 Å². The number of aryl methyl sites for hydroxylation is 3. The third-order valence-corrected chi connectivity index (χ3v) is 4.65.